The maximum absolute atomic E-state index is 10.3. The summed E-state index contributed by atoms with van der Waals surface area (Å²) in [6, 6.07) is 0. The number of carboxylic acids is 3. The molecule has 6 heteroatoms. The second-order valence-electron chi connectivity index (χ2n) is 10.6. The van der Waals surface area contributed by atoms with Gasteiger partial charge in [-0.1, -0.05) is 137 Å². The van der Waals surface area contributed by atoms with E-state index in [9.17, 15) is 14.4 Å². The molecule has 0 spiro atoms. The molecule has 0 fully saturated rings. The van der Waals surface area contributed by atoms with E-state index in [-0.39, 0.29) is 0 Å². The SMILES string of the molecule is CC(C)CCCCCC(=O)O.CCCCCC(=O)O.CCCCCCCCCCCCCCCC(=O)O. The molecule has 0 radical (unpaired) electrons. The van der Waals surface area contributed by atoms with Crippen LogP contribution in [0.3, 0.4) is 0 Å². The zero-order valence-electron chi connectivity index (χ0n) is 24.9. The average Bonchev–Trinajstić information content (AvgIpc) is 2.82. The summed E-state index contributed by atoms with van der Waals surface area (Å²) in [7, 11) is 0. The number of unbranched alkanes of at least 4 members (excludes halogenated alkanes) is 16. The van der Waals surface area contributed by atoms with Crippen molar-refractivity contribution in [3.63, 3.8) is 0 Å². The van der Waals surface area contributed by atoms with Crippen LogP contribution in [0.2, 0.25) is 0 Å². The Hall–Kier alpha value is -1.59. The highest BCUT2D eigenvalue weighted by Gasteiger charge is 1.98. The van der Waals surface area contributed by atoms with E-state index in [0.29, 0.717) is 19.3 Å². The van der Waals surface area contributed by atoms with Crippen molar-refractivity contribution in [1.82, 2.24) is 0 Å². The zero-order chi connectivity index (χ0) is 28.6. The van der Waals surface area contributed by atoms with Crippen LogP contribution in [0.25, 0.3) is 0 Å². The molecule has 0 aliphatic rings. The van der Waals surface area contributed by atoms with Gasteiger partial charge in [-0.25, -0.2) is 0 Å². The van der Waals surface area contributed by atoms with Gasteiger partial charge in [0, 0.05) is 19.3 Å². The van der Waals surface area contributed by atoms with Gasteiger partial charge in [-0.2, -0.15) is 0 Å². The van der Waals surface area contributed by atoms with Crippen molar-refractivity contribution in [1.29, 1.82) is 0 Å². The third kappa shape index (κ3) is 51.8. The molecule has 0 unspecified atom stereocenters. The van der Waals surface area contributed by atoms with Crippen LogP contribution in [-0.4, -0.2) is 33.2 Å². The molecule has 6 nitrogen and oxygen atoms in total. The molecule has 0 saturated heterocycles. The van der Waals surface area contributed by atoms with Gasteiger partial charge in [-0.05, 0) is 25.2 Å². The van der Waals surface area contributed by atoms with E-state index in [4.69, 9.17) is 15.3 Å². The molecule has 0 aromatic heterocycles. The van der Waals surface area contributed by atoms with E-state index in [1.54, 1.807) is 0 Å². The Morgan fingerprint density at radius 2 is 0.676 bits per heavy atom. The van der Waals surface area contributed by atoms with Gasteiger partial charge in [-0.15, -0.1) is 0 Å². The first-order chi connectivity index (χ1) is 17.7. The van der Waals surface area contributed by atoms with Crippen molar-refractivity contribution in [2.45, 2.75) is 175 Å². The second kappa shape index (κ2) is 34.4. The molecule has 0 aromatic rings. The lowest BCUT2D eigenvalue weighted by Crippen LogP contribution is -1.94. The Balaban J connectivity index is -0.000000517. The molecule has 0 aliphatic carbocycles. The highest BCUT2D eigenvalue weighted by molar-refractivity contribution is 5.67. The lowest BCUT2D eigenvalue weighted by atomic mass is 10.0. The highest BCUT2D eigenvalue weighted by Crippen LogP contribution is 2.13. The Labute approximate surface area is 229 Å². The summed E-state index contributed by atoms with van der Waals surface area (Å²) in [5.41, 5.74) is 0. The summed E-state index contributed by atoms with van der Waals surface area (Å²) in [5.74, 6) is -1.26. The number of carboxylic acid groups (broad SMARTS) is 3. The number of rotatable bonds is 24. The standard InChI is InChI=1S/C16H32O2.C9H18O2.C6H12O2/c1-2-3-4-5-6-7-8-9-10-11-12-13-14-15-16(17)18;1-8(2)6-4-3-5-7-9(10)11;1-2-3-4-5-6(7)8/h2-15H2,1H3,(H,17,18);8H,3-7H2,1-2H3,(H,10,11);2-5H2,1H3,(H,7,8). The first-order valence-electron chi connectivity index (χ1n) is 15.3. The smallest absolute Gasteiger partial charge is 0.303 e. The number of carbonyl (C=O) groups is 3. The van der Waals surface area contributed by atoms with Crippen molar-refractivity contribution in [2.24, 2.45) is 5.92 Å². The van der Waals surface area contributed by atoms with Crippen molar-refractivity contribution in [2.75, 3.05) is 0 Å². The lowest BCUT2D eigenvalue weighted by molar-refractivity contribution is -0.138. The minimum atomic E-state index is -0.682. The number of hydrogen-bond donors (Lipinski definition) is 3. The Bertz CT molecular complexity index is 490. The topological polar surface area (TPSA) is 112 Å². The normalized spacial score (nSPS) is 10.3. The molecule has 0 aliphatic heterocycles. The van der Waals surface area contributed by atoms with E-state index in [0.717, 1.165) is 50.9 Å². The number of hydrogen-bond acceptors (Lipinski definition) is 3. The summed E-state index contributed by atoms with van der Waals surface area (Å²) in [6.45, 7) is 8.70. The Kier molecular flexibility index (Phi) is 37.1. The van der Waals surface area contributed by atoms with E-state index < -0.39 is 17.9 Å². The zero-order valence-corrected chi connectivity index (χ0v) is 24.9. The fourth-order valence-electron chi connectivity index (χ4n) is 3.83. The molecule has 0 aromatic carbocycles. The van der Waals surface area contributed by atoms with Crippen molar-refractivity contribution < 1.29 is 29.7 Å². The van der Waals surface area contributed by atoms with E-state index in [1.165, 1.54) is 83.5 Å². The maximum Gasteiger partial charge on any atom is 0.303 e. The molecule has 0 rings (SSSR count). The van der Waals surface area contributed by atoms with Crippen molar-refractivity contribution >= 4 is 17.9 Å². The van der Waals surface area contributed by atoms with Crippen LogP contribution < -0.4 is 0 Å². The molecule has 0 amide bonds. The maximum atomic E-state index is 10.3. The molecule has 37 heavy (non-hydrogen) atoms. The molecule has 0 saturated carbocycles. The van der Waals surface area contributed by atoms with Crippen LogP contribution in [-0.2, 0) is 14.4 Å². The van der Waals surface area contributed by atoms with Crippen LogP contribution in [0, 0.1) is 5.92 Å². The third-order valence-electron chi connectivity index (χ3n) is 6.16. The molecule has 0 atom stereocenters. The fourth-order valence-corrected chi connectivity index (χ4v) is 3.83. The number of aliphatic carboxylic acids is 3. The van der Waals surface area contributed by atoms with Crippen LogP contribution in [0.15, 0.2) is 0 Å². The molecule has 0 heterocycles. The monoisotopic (exact) mass is 530 g/mol. The Morgan fingerprint density at radius 3 is 0.973 bits per heavy atom. The summed E-state index contributed by atoms with van der Waals surface area (Å²) < 4.78 is 0. The summed E-state index contributed by atoms with van der Waals surface area (Å²) >= 11 is 0. The quantitative estimate of drug-likeness (QED) is 0.107. The Morgan fingerprint density at radius 1 is 0.432 bits per heavy atom. The lowest BCUT2D eigenvalue weighted by Gasteiger charge is -2.02. The van der Waals surface area contributed by atoms with Crippen LogP contribution in [0.4, 0.5) is 0 Å². The third-order valence-corrected chi connectivity index (χ3v) is 6.16. The van der Waals surface area contributed by atoms with Crippen molar-refractivity contribution in [3.8, 4) is 0 Å². The van der Waals surface area contributed by atoms with Gasteiger partial charge in [-0.3, -0.25) is 14.4 Å². The molecular weight excluding hydrogens is 468 g/mol. The van der Waals surface area contributed by atoms with Gasteiger partial charge in [0.1, 0.15) is 0 Å². The van der Waals surface area contributed by atoms with Gasteiger partial charge < -0.3 is 15.3 Å². The molecule has 222 valence electrons. The van der Waals surface area contributed by atoms with Gasteiger partial charge in [0.2, 0.25) is 0 Å². The van der Waals surface area contributed by atoms with Gasteiger partial charge in [0.25, 0.3) is 0 Å². The van der Waals surface area contributed by atoms with E-state index in [2.05, 4.69) is 27.7 Å². The predicted octanol–water partition coefficient (Wildman–Crippen LogP) is 9.88. The molecular formula is C31H62O6. The first kappa shape index (κ1) is 39.9. The van der Waals surface area contributed by atoms with Gasteiger partial charge in [0.05, 0.1) is 0 Å². The largest absolute Gasteiger partial charge is 0.481 e. The highest BCUT2D eigenvalue weighted by atomic mass is 16.4. The predicted molar refractivity (Wildman–Crippen MR) is 155 cm³/mol. The second-order valence-corrected chi connectivity index (χ2v) is 10.6. The summed E-state index contributed by atoms with van der Waals surface area (Å²) in [5, 5.41) is 25.0. The first-order valence-corrected chi connectivity index (χ1v) is 15.3. The van der Waals surface area contributed by atoms with Crippen LogP contribution in [0.5, 0.6) is 0 Å². The average molecular weight is 531 g/mol. The van der Waals surface area contributed by atoms with Gasteiger partial charge >= 0.3 is 17.9 Å². The van der Waals surface area contributed by atoms with E-state index >= 15 is 0 Å². The molecule has 0 bridgehead atoms. The van der Waals surface area contributed by atoms with E-state index in [1.807, 2.05) is 0 Å². The summed E-state index contributed by atoms with van der Waals surface area (Å²) in [6.07, 6.45) is 25.2. The minimum absolute atomic E-state index is 0.327. The minimum Gasteiger partial charge on any atom is -0.481 e. The molecule has 3 N–H and O–H groups in total. The van der Waals surface area contributed by atoms with Gasteiger partial charge in [0.15, 0.2) is 0 Å². The summed E-state index contributed by atoms with van der Waals surface area (Å²) in [4.78, 5) is 30.3. The van der Waals surface area contributed by atoms with Crippen LogP contribution >= 0.6 is 0 Å². The van der Waals surface area contributed by atoms with Crippen LogP contribution in [0.1, 0.15) is 175 Å². The van der Waals surface area contributed by atoms with Crippen molar-refractivity contribution in [3.05, 3.63) is 0 Å². The fraction of sp³-hybridized carbons (Fsp3) is 0.903.